The van der Waals surface area contributed by atoms with Crippen molar-refractivity contribution in [2.75, 3.05) is 6.54 Å². The number of aliphatic imine (C=N–C) groups is 1. The fourth-order valence-electron chi connectivity index (χ4n) is 2.52. The lowest BCUT2D eigenvalue weighted by atomic mass is 10.0. The molecule has 1 aromatic rings. The lowest BCUT2D eigenvalue weighted by Gasteiger charge is -2.34. The molecular formula is C13H15ClN2. The van der Waals surface area contributed by atoms with Gasteiger partial charge < -0.3 is 4.90 Å². The van der Waals surface area contributed by atoms with Gasteiger partial charge in [0.05, 0.1) is 10.7 Å². The van der Waals surface area contributed by atoms with Crippen molar-refractivity contribution in [2.24, 2.45) is 4.99 Å². The summed E-state index contributed by atoms with van der Waals surface area (Å²) >= 11 is 6.22. The number of amidine groups is 1. The molecule has 3 rings (SSSR count). The number of rotatable bonds is 0. The second-order valence-electron chi connectivity index (χ2n) is 4.60. The van der Waals surface area contributed by atoms with Crippen LogP contribution in [0.3, 0.4) is 0 Å². The van der Waals surface area contributed by atoms with E-state index in [4.69, 9.17) is 16.6 Å². The van der Waals surface area contributed by atoms with Gasteiger partial charge in [-0.2, -0.15) is 0 Å². The Balaban J connectivity index is 2.12. The third-order valence-electron chi connectivity index (χ3n) is 3.50. The minimum Gasteiger partial charge on any atom is -0.356 e. The van der Waals surface area contributed by atoms with Crippen molar-refractivity contribution in [2.45, 2.75) is 32.7 Å². The smallest absolute Gasteiger partial charge is 0.105 e. The van der Waals surface area contributed by atoms with E-state index in [1.165, 1.54) is 29.8 Å². The second-order valence-corrected chi connectivity index (χ2v) is 5.01. The zero-order valence-corrected chi connectivity index (χ0v) is 10.2. The molecule has 1 fully saturated rings. The van der Waals surface area contributed by atoms with E-state index in [9.17, 15) is 0 Å². The zero-order valence-electron chi connectivity index (χ0n) is 9.46. The van der Waals surface area contributed by atoms with Crippen LogP contribution in [0.25, 0.3) is 0 Å². The standard InChI is InChI=1S/C13H15ClN2/c1-9-5-6-11(14)13-10(9)8-16-7-3-2-4-12(16)15-13/h5-6H,2-4,7-8H2,1H3. The molecule has 0 atom stereocenters. The highest BCUT2D eigenvalue weighted by Crippen LogP contribution is 2.37. The number of hydrogen-bond donors (Lipinski definition) is 0. The molecule has 0 saturated carbocycles. The highest BCUT2D eigenvalue weighted by Gasteiger charge is 2.24. The van der Waals surface area contributed by atoms with Crippen LogP contribution in [0, 0.1) is 6.92 Å². The van der Waals surface area contributed by atoms with Crippen LogP contribution in [0.4, 0.5) is 5.69 Å². The Morgan fingerprint density at radius 2 is 2.19 bits per heavy atom. The summed E-state index contributed by atoms with van der Waals surface area (Å²) in [4.78, 5) is 7.14. The first kappa shape index (κ1) is 10.2. The predicted molar refractivity (Wildman–Crippen MR) is 67.5 cm³/mol. The molecule has 1 aromatic carbocycles. The molecule has 0 radical (unpaired) electrons. The fourth-order valence-corrected chi connectivity index (χ4v) is 2.74. The molecular weight excluding hydrogens is 220 g/mol. The van der Waals surface area contributed by atoms with Crippen LogP contribution < -0.4 is 0 Å². The van der Waals surface area contributed by atoms with Crippen LogP contribution in [0.15, 0.2) is 17.1 Å². The van der Waals surface area contributed by atoms with E-state index in [1.807, 2.05) is 6.07 Å². The first-order valence-corrected chi connectivity index (χ1v) is 6.24. The van der Waals surface area contributed by atoms with Gasteiger partial charge in [0.15, 0.2) is 0 Å². The van der Waals surface area contributed by atoms with Crippen LogP contribution >= 0.6 is 11.6 Å². The summed E-state index contributed by atoms with van der Waals surface area (Å²) in [7, 11) is 0. The number of halogens is 1. The van der Waals surface area contributed by atoms with Crippen molar-refractivity contribution < 1.29 is 0 Å². The summed E-state index contributed by atoms with van der Waals surface area (Å²) in [6.07, 6.45) is 3.64. The first-order valence-electron chi connectivity index (χ1n) is 5.86. The monoisotopic (exact) mass is 234 g/mol. The minimum absolute atomic E-state index is 0.790. The van der Waals surface area contributed by atoms with Crippen LogP contribution in [-0.4, -0.2) is 17.3 Å². The quantitative estimate of drug-likeness (QED) is 0.669. The normalized spacial score (nSPS) is 18.9. The van der Waals surface area contributed by atoms with Gasteiger partial charge in [-0.1, -0.05) is 17.7 Å². The van der Waals surface area contributed by atoms with Crippen molar-refractivity contribution in [3.8, 4) is 0 Å². The topological polar surface area (TPSA) is 15.6 Å². The molecule has 3 heteroatoms. The summed E-state index contributed by atoms with van der Waals surface area (Å²) in [6.45, 7) is 4.27. The Hall–Kier alpha value is -1.02. The van der Waals surface area contributed by atoms with Gasteiger partial charge >= 0.3 is 0 Å². The van der Waals surface area contributed by atoms with Gasteiger partial charge in [0.1, 0.15) is 5.84 Å². The van der Waals surface area contributed by atoms with E-state index < -0.39 is 0 Å². The maximum absolute atomic E-state index is 6.22. The largest absolute Gasteiger partial charge is 0.356 e. The van der Waals surface area contributed by atoms with E-state index >= 15 is 0 Å². The Morgan fingerprint density at radius 3 is 3.06 bits per heavy atom. The van der Waals surface area contributed by atoms with Gasteiger partial charge in [-0.15, -0.1) is 0 Å². The maximum atomic E-state index is 6.22. The van der Waals surface area contributed by atoms with E-state index in [1.54, 1.807) is 0 Å². The van der Waals surface area contributed by atoms with Gasteiger partial charge in [0, 0.05) is 25.1 Å². The van der Waals surface area contributed by atoms with Crippen molar-refractivity contribution in [3.05, 3.63) is 28.3 Å². The molecule has 16 heavy (non-hydrogen) atoms. The van der Waals surface area contributed by atoms with Crippen LogP contribution in [-0.2, 0) is 6.54 Å². The molecule has 0 unspecified atom stereocenters. The number of benzene rings is 1. The lowest BCUT2D eigenvalue weighted by Crippen LogP contribution is -2.36. The lowest BCUT2D eigenvalue weighted by molar-refractivity contribution is 0.358. The molecule has 1 saturated heterocycles. The first-order chi connectivity index (χ1) is 7.75. The Bertz CT molecular complexity index is 465. The number of nitrogens with zero attached hydrogens (tertiary/aromatic N) is 2. The van der Waals surface area contributed by atoms with Crippen molar-refractivity contribution in [1.82, 2.24) is 4.90 Å². The van der Waals surface area contributed by atoms with Crippen molar-refractivity contribution >= 4 is 23.1 Å². The summed E-state index contributed by atoms with van der Waals surface area (Å²) in [6, 6.07) is 4.05. The minimum atomic E-state index is 0.790. The molecule has 0 amide bonds. The molecule has 2 heterocycles. The van der Waals surface area contributed by atoms with Crippen molar-refractivity contribution in [1.29, 1.82) is 0 Å². The van der Waals surface area contributed by atoms with Gasteiger partial charge in [0.25, 0.3) is 0 Å². The van der Waals surface area contributed by atoms with Crippen molar-refractivity contribution in [3.63, 3.8) is 0 Å². The molecule has 2 aliphatic rings. The number of piperidine rings is 1. The van der Waals surface area contributed by atoms with E-state index in [0.717, 1.165) is 30.2 Å². The summed E-state index contributed by atoms with van der Waals surface area (Å²) < 4.78 is 0. The summed E-state index contributed by atoms with van der Waals surface area (Å²) in [5.41, 5.74) is 3.61. The van der Waals surface area contributed by atoms with Crippen LogP contribution in [0.1, 0.15) is 30.4 Å². The molecule has 0 aliphatic carbocycles. The van der Waals surface area contributed by atoms with Gasteiger partial charge in [-0.3, -0.25) is 0 Å². The number of fused-ring (bicyclic) bond motifs is 2. The molecule has 0 aromatic heterocycles. The average molecular weight is 235 g/mol. The molecule has 2 aliphatic heterocycles. The maximum Gasteiger partial charge on any atom is 0.105 e. The Labute approximate surface area is 101 Å². The SMILES string of the molecule is Cc1ccc(Cl)c2c1CN1CCCCC1=N2. The molecule has 0 N–H and O–H groups in total. The summed E-state index contributed by atoms with van der Waals surface area (Å²) in [5, 5.41) is 0.790. The van der Waals surface area contributed by atoms with Gasteiger partial charge in [0.2, 0.25) is 0 Å². The predicted octanol–water partition coefficient (Wildman–Crippen LogP) is 3.68. The highest BCUT2D eigenvalue weighted by atomic mass is 35.5. The average Bonchev–Trinajstić information content (AvgIpc) is 2.32. The van der Waals surface area contributed by atoms with Crippen LogP contribution in [0.2, 0.25) is 5.02 Å². The Kier molecular flexibility index (Phi) is 2.40. The second kappa shape index (κ2) is 3.77. The third-order valence-corrected chi connectivity index (χ3v) is 3.81. The van der Waals surface area contributed by atoms with E-state index in [0.29, 0.717) is 0 Å². The zero-order chi connectivity index (χ0) is 11.1. The molecule has 84 valence electrons. The fraction of sp³-hybridized carbons (Fsp3) is 0.462. The van der Waals surface area contributed by atoms with E-state index in [-0.39, 0.29) is 0 Å². The summed E-state index contributed by atoms with van der Waals surface area (Å²) in [5.74, 6) is 1.23. The highest BCUT2D eigenvalue weighted by molar-refractivity contribution is 6.33. The van der Waals surface area contributed by atoms with E-state index in [2.05, 4.69) is 17.9 Å². The number of hydrogen-bond acceptors (Lipinski definition) is 2. The van der Waals surface area contributed by atoms with Gasteiger partial charge in [-0.25, -0.2) is 4.99 Å². The third kappa shape index (κ3) is 1.52. The molecule has 0 spiro atoms. The number of aryl methyl sites for hydroxylation is 1. The Morgan fingerprint density at radius 1 is 1.31 bits per heavy atom. The molecule has 0 bridgehead atoms. The van der Waals surface area contributed by atoms with Gasteiger partial charge in [-0.05, 0) is 31.4 Å². The van der Waals surface area contributed by atoms with Crippen LogP contribution in [0.5, 0.6) is 0 Å². The molecule has 2 nitrogen and oxygen atoms in total.